The predicted molar refractivity (Wildman–Crippen MR) is 171 cm³/mol. The highest BCUT2D eigenvalue weighted by molar-refractivity contribution is 6.31. The van der Waals surface area contributed by atoms with Gasteiger partial charge in [0.15, 0.2) is 11.0 Å². The lowest BCUT2D eigenvalue weighted by atomic mass is 9.53. The minimum Gasteiger partial charge on any atom is -0.383 e. The summed E-state index contributed by atoms with van der Waals surface area (Å²) in [4.78, 5) is 45.4. The van der Waals surface area contributed by atoms with Crippen LogP contribution in [0.15, 0.2) is 30.5 Å². The Balaban J connectivity index is 1.37. The summed E-state index contributed by atoms with van der Waals surface area (Å²) >= 11 is 12.6. The van der Waals surface area contributed by atoms with Crippen molar-refractivity contribution in [2.45, 2.75) is 87.4 Å². The molecule has 1 aromatic heterocycles. The fraction of sp³-hybridized carbons (Fsp3) is 0.576. The first-order valence-electron chi connectivity index (χ1n) is 15.8. The van der Waals surface area contributed by atoms with E-state index in [9.17, 15) is 14.4 Å². The van der Waals surface area contributed by atoms with Gasteiger partial charge in [0.2, 0.25) is 17.7 Å². The molecule has 2 spiro atoms. The number of benzene rings is 1. The first kappa shape index (κ1) is 33.1. The topological polar surface area (TPSA) is 131 Å². The lowest BCUT2D eigenvalue weighted by Crippen LogP contribution is -2.61. The number of ether oxygens (including phenoxy) is 2. The van der Waals surface area contributed by atoms with Gasteiger partial charge < -0.3 is 25.4 Å². The van der Waals surface area contributed by atoms with Crippen molar-refractivity contribution in [1.82, 2.24) is 20.9 Å². The van der Waals surface area contributed by atoms with Crippen LogP contribution in [-0.2, 0) is 29.3 Å². The average Bonchev–Trinajstić information content (AvgIpc) is 3.48. The first-order valence-corrected chi connectivity index (χ1v) is 16.6. The van der Waals surface area contributed by atoms with E-state index in [0.29, 0.717) is 55.1 Å². The summed E-state index contributed by atoms with van der Waals surface area (Å²) in [7, 11) is 1.56. The summed E-state index contributed by atoms with van der Waals surface area (Å²) in [6.07, 6.45) is 4.46. The van der Waals surface area contributed by atoms with Gasteiger partial charge in [0.25, 0.3) is 0 Å². The number of carbonyl (C=O) groups excluding carboxylic acids is 3. The summed E-state index contributed by atoms with van der Waals surface area (Å²) in [5.74, 6) is -2.65. The molecule has 248 valence electrons. The standard InChI is InChI=1S/C33H40Cl2FN5O5/c1-31(2)9-11-32(12-10-31)33(21-6-4-18(34)16-22(21)40-30(33)44)24(20-8-13-37-27(35)25(20)36)26(41-32)29(43)39-19-5-7-23(46-17-19)28(42)38-14-15-45-3/h4,6,8,13,16,19,23-24,26,41H,5,7,9-12,14-15,17H2,1-3H3,(H,38,42)(H,39,43)(H,40,44)/t19-,23?,24+,26?,33-/m1/s1. The minimum atomic E-state index is -1.36. The molecule has 5 atom stereocenters. The van der Waals surface area contributed by atoms with Crippen molar-refractivity contribution < 1.29 is 28.2 Å². The molecule has 6 rings (SSSR count). The van der Waals surface area contributed by atoms with Gasteiger partial charge in [-0.2, -0.15) is 0 Å². The molecule has 0 radical (unpaired) electrons. The molecule has 3 amide bonds. The average molecular weight is 677 g/mol. The molecule has 2 unspecified atom stereocenters. The van der Waals surface area contributed by atoms with Crippen LogP contribution in [0.3, 0.4) is 0 Å². The quantitative estimate of drug-likeness (QED) is 0.255. The Labute approximate surface area is 277 Å². The molecule has 1 aromatic carbocycles. The highest BCUT2D eigenvalue weighted by Crippen LogP contribution is 2.64. The number of amides is 3. The van der Waals surface area contributed by atoms with Crippen LogP contribution in [0.25, 0.3) is 0 Å². The van der Waals surface area contributed by atoms with Crippen LogP contribution in [-0.4, -0.2) is 73.3 Å². The van der Waals surface area contributed by atoms with E-state index in [2.05, 4.69) is 40.1 Å². The number of aromatic nitrogens is 1. The maximum absolute atomic E-state index is 16.1. The summed E-state index contributed by atoms with van der Waals surface area (Å²) in [6, 6.07) is 5.37. The number of hydrogen-bond donors (Lipinski definition) is 4. The van der Waals surface area contributed by atoms with Crippen molar-refractivity contribution in [1.29, 1.82) is 0 Å². The van der Waals surface area contributed by atoms with E-state index in [1.807, 2.05) is 6.07 Å². The third-order valence-corrected chi connectivity index (χ3v) is 11.0. The number of pyridine rings is 1. The SMILES string of the molecule is COCCNC(=O)C1CC[C@@H](NC(=O)C2NC3(CCC(C)(C)CC3)[C@@]3(C(=O)Nc4cc(Cl)ccc43)[C@H]2c2ccnc(Cl)c2F)CO1. The molecule has 0 bridgehead atoms. The molecule has 2 aromatic rings. The highest BCUT2D eigenvalue weighted by atomic mass is 35.5. The van der Waals surface area contributed by atoms with Gasteiger partial charge in [-0.25, -0.2) is 9.37 Å². The molecular weight excluding hydrogens is 636 g/mol. The van der Waals surface area contributed by atoms with Crippen molar-refractivity contribution in [2.75, 3.05) is 32.2 Å². The fourth-order valence-corrected chi connectivity index (χ4v) is 8.42. The molecule has 4 aliphatic rings. The van der Waals surface area contributed by atoms with Gasteiger partial charge in [-0.3, -0.25) is 19.7 Å². The maximum atomic E-state index is 16.1. The molecule has 3 aliphatic heterocycles. The zero-order chi connectivity index (χ0) is 32.9. The summed E-state index contributed by atoms with van der Waals surface area (Å²) < 4.78 is 26.9. The Morgan fingerprint density at radius 3 is 2.59 bits per heavy atom. The Bertz CT molecular complexity index is 1520. The second-order valence-electron chi connectivity index (χ2n) is 13.7. The number of methoxy groups -OCH3 is 1. The van der Waals surface area contributed by atoms with Crippen molar-refractivity contribution in [3.8, 4) is 0 Å². The van der Waals surface area contributed by atoms with Crippen LogP contribution in [0.5, 0.6) is 0 Å². The number of anilines is 1. The Morgan fingerprint density at radius 2 is 1.89 bits per heavy atom. The van der Waals surface area contributed by atoms with Gasteiger partial charge in [-0.15, -0.1) is 0 Å². The fourth-order valence-electron chi connectivity index (χ4n) is 8.08. The molecule has 2 saturated heterocycles. The van der Waals surface area contributed by atoms with Crippen LogP contribution in [0.2, 0.25) is 10.2 Å². The molecule has 1 aliphatic carbocycles. The molecule has 46 heavy (non-hydrogen) atoms. The van der Waals surface area contributed by atoms with Crippen LogP contribution >= 0.6 is 23.2 Å². The second kappa shape index (κ2) is 12.6. The Hall–Kier alpha value is -2.83. The summed E-state index contributed by atoms with van der Waals surface area (Å²) in [5, 5.41) is 12.7. The number of hydrogen-bond acceptors (Lipinski definition) is 7. The Morgan fingerprint density at radius 1 is 1.13 bits per heavy atom. The van der Waals surface area contributed by atoms with E-state index < -0.39 is 34.8 Å². The van der Waals surface area contributed by atoms with Gasteiger partial charge in [-0.05, 0) is 73.3 Å². The largest absolute Gasteiger partial charge is 0.383 e. The van der Waals surface area contributed by atoms with Crippen molar-refractivity contribution in [2.24, 2.45) is 5.41 Å². The van der Waals surface area contributed by atoms with Crippen LogP contribution in [0.1, 0.15) is 69.4 Å². The normalized spacial score (nSPS) is 29.4. The minimum absolute atomic E-state index is 0.0267. The zero-order valence-corrected chi connectivity index (χ0v) is 27.7. The van der Waals surface area contributed by atoms with E-state index in [4.69, 9.17) is 32.7 Å². The predicted octanol–water partition coefficient (Wildman–Crippen LogP) is 4.24. The van der Waals surface area contributed by atoms with Crippen LogP contribution < -0.4 is 21.3 Å². The van der Waals surface area contributed by atoms with E-state index >= 15 is 4.39 Å². The van der Waals surface area contributed by atoms with E-state index in [-0.39, 0.29) is 46.5 Å². The van der Waals surface area contributed by atoms with Gasteiger partial charge >= 0.3 is 0 Å². The number of nitrogens with one attached hydrogen (secondary N) is 4. The molecule has 4 heterocycles. The van der Waals surface area contributed by atoms with Gasteiger partial charge in [0.05, 0.1) is 25.3 Å². The molecule has 4 N–H and O–H groups in total. The highest BCUT2D eigenvalue weighted by Gasteiger charge is 2.73. The molecule has 10 nitrogen and oxygen atoms in total. The Kier molecular flexibility index (Phi) is 9.10. The van der Waals surface area contributed by atoms with Gasteiger partial charge in [0, 0.05) is 42.0 Å². The lowest BCUT2D eigenvalue weighted by Gasteiger charge is -2.50. The number of rotatable bonds is 7. The molecule has 3 fully saturated rings. The molecule has 1 saturated carbocycles. The smallest absolute Gasteiger partial charge is 0.249 e. The first-order chi connectivity index (χ1) is 21.9. The van der Waals surface area contributed by atoms with Crippen molar-refractivity contribution in [3.05, 3.63) is 57.6 Å². The molecule has 13 heteroatoms. The second-order valence-corrected chi connectivity index (χ2v) is 14.5. The number of fused-ring (bicyclic) bond motifs is 3. The summed E-state index contributed by atoms with van der Waals surface area (Å²) in [5.41, 5.74) is -0.852. The third kappa shape index (κ3) is 5.57. The van der Waals surface area contributed by atoms with Gasteiger partial charge in [-0.1, -0.05) is 43.1 Å². The number of nitrogens with zero attached hydrogens (tertiary/aromatic N) is 1. The number of halogens is 3. The van der Waals surface area contributed by atoms with E-state index in [1.54, 1.807) is 19.2 Å². The van der Waals surface area contributed by atoms with Crippen molar-refractivity contribution in [3.63, 3.8) is 0 Å². The zero-order valence-electron chi connectivity index (χ0n) is 26.2. The van der Waals surface area contributed by atoms with Crippen LogP contribution in [0, 0.1) is 11.2 Å². The van der Waals surface area contributed by atoms with Crippen molar-refractivity contribution >= 4 is 46.6 Å². The maximum Gasteiger partial charge on any atom is 0.249 e. The third-order valence-electron chi connectivity index (χ3n) is 10.5. The number of carbonyl (C=O) groups is 3. The van der Waals surface area contributed by atoms with E-state index in [0.717, 1.165) is 12.8 Å². The monoisotopic (exact) mass is 675 g/mol. The van der Waals surface area contributed by atoms with Crippen LogP contribution in [0.4, 0.5) is 10.1 Å². The lowest BCUT2D eigenvalue weighted by molar-refractivity contribution is -0.137. The summed E-state index contributed by atoms with van der Waals surface area (Å²) in [6.45, 7) is 5.30. The van der Waals surface area contributed by atoms with E-state index in [1.165, 1.54) is 12.3 Å². The molecular formula is C33H40Cl2FN5O5. The van der Waals surface area contributed by atoms with Gasteiger partial charge in [0.1, 0.15) is 11.5 Å².